The average Bonchev–Trinajstić information content (AvgIpc) is 2.81. The third kappa shape index (κ3) is 4.31. The summed E-state index contributed by atoms with van der Waals surface area (Å²) in [6.07, 6.45) is 1.66. The van der Waals surface area contributed by atoms with Gasteiger partial charge in [0.05, 0.1) is 10.5 Å². The molecule has 0 amide bonds. The van der Waals surface area contributed by atoms with Gasteiger partial charge in [-0.1, -0.05) is 0 Å². The zero-order valence-electron chi connectivity index (χ0n) is 12.9. The zero-order valence-corrected chi connectivity index (χ0v) is 13.7. The van der Waals surface area contributed by atoms with Gasteiger partial charge < -0.3 is 14.6 Å². The van der Waals surface area contributed by atoms with E-state index in [-0.39, 0.29) is 11.4 Å². The Morgan fingerprint density at radius 2 is 2.05 bits per heavy atom. The Balaban J connectivity index is 2.92. The molecule has 0 spiro atoms. The highest BCUT2D eigenvalue weighted by Gasteiger charge is 2.23. The van der Waals surface area contributed by atoms with E-state index in [1.165, 1.54) is 0 Å². The molecule has 0 aliphatic carbocycles. The van der Waals surface area contributed by atoms with Crippen molar-refractivity contribution in [3.05, 3.63) is 18.0 Å². The molecule has 0 aliphatic rings. The van der Waals surface area contributed by atoms with Gasteiger partial charge in [-0.3, -0.25) is 0 Å². The fourth-order valence-electron chi connectivity index (χ4n) is 1.72. The van der Waals surface area contributed by atoms with Crippen LogP contribution < -0.4 is 10.0 Å². The summed E-state index contributed by atoms with van der Waals surface area (Å²) < 4.78 is 34.3. The van der Waals surface area contributed by atoms with Crippen molar-refractivity contribution in [2.45, 2.75) is 44.4 Å². The van der Waals surface area contributed by atoms with Gasteiger partial charge in [0.1, 0.15) is 0 Å². The van der Waals surface area contributed by atoms with Crippen LogP contribution in [0.2, 0.25) is 0 Å². The largest absolute Gasteiger partial charge is 0.377 e. The first-order chi connectivity index (χ1) is 9.25. The van der Waals surface area contributed by atoms with Crippen LogP contribution in [-0.2, 0) is 27.8 Å². The van der Waals surface area contributed by atoms with E-state index in [9.17, 15) is 8.42 Å². The fourth-order valence-corrected chi connectivity index (χ4v) is 2.98. The first-order valence-corrected chi connectivity index (χ1v) is 8.12. The highest BCUT2D eigenvalue weighted by Crippen LogP contribution is 2.15. The zero-order chi connectivity index (χ0) is 15.4. The molecule has 7 heteroatoms. The Morgan fingerprint density at radius 1 is 1.40 bits per heavy atom. The molecule has 1 heterocycles. The van der Waals surface area contributed by atoms with Crippen LogP contribution in [0.15, 0.2) is 17.2 Å². The van der Waals surface area contributed by atoms with Crippen molar-refractivity contribution in [1.82, 2.24) is 14.6 Å². The summed E-state index contributed by atoms with van der Waals surface area (Å²) in [6.45, 7) is 7.24. The van der Waals surface area contributed by atoms with Crippen LogP contribution >= 0.6 is 0 Å². The molecule has 20 heavy (non-hydrogen) atoms. The Morgan fingerprint density at radius 3 is 2.55 bits per heavy atom. The van der Waals surface area contributed by atoms with Crippen molar-refractivity contribution in [1.29, 1.82) is 0 Å². The molecule has 6 nitrogen and oxygen atoms in total. The molecule has 116 valence electrons. The van der Waals surface area contributed by atoms with Crippen molar-refractivity contribution < 1.29 is 13.2 Å². The van der Waals surface area contributed by atoms with Crippen molar-refractivity contribution in [3.63, 3.8) is 0 Å². The Bertz CT molecular complexity index is 535. The molecule has 0 saturated carbocycles. The third-order valence-electron chi connectivity index (χ3n) is 3.21. The number of nitrogens with zero attached hydrogens (tertiary/aromatic N) is 1. The molecule has 1 rings (SSSR count). The number of hydrogen-bond donors (Lipinski definition) is 2. The van der Waals surface area contributed by atoms with E-state index < -0.39 is 15.6 Å². The predicted octanol–water partition coefficient (Wildman–Crippen LogP) is 0.931. The van der Waals surface area contributed by atoms with Crippen LogP contribution in [0.5, 0.6) is 0 Å². The predicted molar refractivity (Wildman–Crippen MR) is 79.1 cm³/mol. The molecule has 1 aromatic heterocycles. The van der Waals surface area contributed by atoms with Crippen molar-refractivity contribution in [2.24, 2.45) is 0 Å². The van der Waals surface area contributed by atoms with Crippen molar-refractivity contribution >= 4 is 10.0 Å². The highest BCUT2D eigenvalue weighted by molar-refractivity contribution is 7.89. The van der Waals surface area contributed by atoms with E-state index in [4.69, 9.17) is 4.74 Å². The maximum atomic E-state index is 12.3. The Labute approximate surface area is 121 Å². The minimum Gasteiger partial charge on any atom is -0.377 e. The fraction of sp³-hybridized carbons (Fsp3) is 0.692. The lowest BCUT2D eigenvalue weighted by atomic mass is 10.1. The molecule has 0 saturated heterocycles. The van der Waals surface area contributed by atoms with Gasteiger partial charge in [0.2, 0.25) is 10.0 Å². The van der Waals surface area contributed by atoms with Gasteiger partial charge in [-0.25, -0.2) is 13.1 Å². The molecule has 0 atom stereocenters. The van der Waals surface area contributed by atoms with Crippen LogP contribution in [0, 0.1) is 0 Å². The minimum absolute atomic E-state index is 0.227. The molecule has 0 radical (unpaired) electrons. The normalized spacial score (nSPS) is 12.8. The van der Waals surface area contributed by atoms with Crippen LogP contribution in [0.25, 0.3) is 0 Å². The molecular formula is C13H25N3O3S. The molecule has 0 bridgehead atoms. The number of nitrogens with one attached hydrogen (secondary N) is 2. The maximum absolute atomic E-state index is 12.3. The number of methoxy groups -OCH3 is 1. The first-order valence-electron chi connectivity index (χ1n) is 6.64. The van der Waals surface area contributed by atoms with E-state index in [0.29, 0.717) is 6.54 Å². The third-order valence-corrected chi connectivity index (χ3v) is 4.58. The second-order valence-electron chi connectivity index (χ2n) is 5.27. The molecular weight excluding hydrogens is 278 g/mol. The minimum atomic E-state index is -3.51. The number of sulfonamides is 1. The standard InChI is InChI=1S/C13H25N3O3S/c1-6-16-9-12(7-11(16)8-14-4)20(17,18)15-10-13(2,3)19-5/h7,9,14-15H,6,8,10H2,1-5H3. The van der Waals surface area contributed by atoms with E-state index in [1.807, 2.05) is 32.4 Å². The molecule has 0 unspecified atom stereocenters. The van der Waals surface area contributed by atoms with Gasteiger partial charge in [0.25, 0.3) is 0 Å². The summed E-state index contributed by atoms with van der Waals surface area (Å²) in [5.41, 5.74) is 0.412. The summed E-state index contributed by atoms with van der Waals surface area (Å²) in [5.74, 6) is 0. The summed E-state index contributed by atoms with van der Waals surface area (Å²) in [4.78, 5) is 0.288. The van der Waals surface area contributed by atoms with Gasteiger partial charge >= 0.3 is 0 Å². The number of aromatic nitrogens is 1. The quantitative estimate of drug-likeness (QED) is 0.749. The number of rotatable bonds is 8. The lowest BCUT2D eigenvalue weighted by Crippen LogP contribution is -2.39. The van der Waals surface area contributed by atoms with Gasteiger partial charge in [-0.2, -0.15) is 0 Å². The van der Waals surface area contributed by atoms with E-state index in [0.717, 1.165) is 12.2 Å². The van der Waals surface area contributed by atoms with Crippen LogP contribution in [-0.4, -0.2) is 39.3 Å². The maximum Gasteiger partial charge on any atom is 0.242 e. The summed E-state index contributed by atoms with van der Waals surface area (Å²) >= 11 is 0. The lowest BCUT2D eigenvalue weighted by molar-refractivity contribution is 0.0276. The Hall–Kier alpha value is -0.890. The summed E-state index contributed by atoms with van der Waals surface area (Å²) in [6, 6.07) is 1.70. The second kappa shape index (κ2) is 6.71. The lowest BCUT2D eigenvalue weighted by Gasteiger charge is -2.22. The molecule has 1 aromatic rings. The van der Waals surface area contributed by atoms with Crippen LogP contribution in [0.3, 0.4) is 0 Å². The monoisotopic (exact) mass is 303 g/mol. The molecule has 0 aliphatic heterocycles. The molecule has 0 fully saturated rings. The number of aryl methyl sites for hydroxylation is 1. The average molecular weight is 303 g/mol. The van der Waals surface area contributed by atoms with Crippen LogP contribution in [0.4, 0.5) is 0 Å². The van der Waals surface area contributed by atoms with Gasteiger partial charge in [0, 0.05) is 38.6 Å². The van der Waals surface area contributed by atoms with Gasteiger partial charge in [0.15, 0.2) is 0 Å². The SMILES string of the molecule is CCn1cc(S(=O)(=O)NCC(C)(C)OC)cc1CNC. The van der Waals surface area contributed by atoms with E-state index in [2.05, 4.69) is 10.0 Å². The van der Waals surface area contributed by atoms with E-state index in [1.54, 1.807) is 19.4 Å². The van der Waals surface area contributed by atoms with Crippen LogP contribution in [0.1, 0.15) is 26.5 Å². The highest BCUT2D eigenvalue weighted by atomic mass is 32.2. The van der Waals surface area contributed by atoms with Gasteiger partial charge in [-0.05, 0) is 33.9 Å². The number of hydrogen-bond acceptors (Lipinski definition) is 4. The van der Waals surface area contributed by atoms with Gasteiger partial charge in [-0.15, -0.1) is 0 Å². The van der Waals surface area contributed by atoms with E-state index >= 15 is 0 Å². The molecule has 2 N–H and O–H groups in total. The van der Waals surface area contributed by atoms with Crippen molar-refractivity contribution in [3.8, 4) is 0 Å². The summed E-state index contributed by atoms with van der Waals surface area (Å²) in [5, 5.41) is 3.03. The number of ether oxygens (including phenoxy) is 1. The first kappa shape index (κ1) is 17.2. The Kier molecular flexibility index (Phi) is 5.76. The topological polar surface area (TPSA) is 72.4 Å². The summed E-state index contributed by atoms with van der Waals surface area (Å²) in [7, 11) is -0.116. The van der Waals surface area contributed by atoms with Crippen molar-refractivity contribution in [2.75, 3.05) is 20.7 Å². The second-order valence-corrected chi connectivity index (χ2v) is 7.04. The molecule has 0 aromatic carbocycles. The smallest absolute Gasteiger partial charge is 0.242 e.